The van der Waals surface area contributed by atoms with Gasteiger partial charge in [-0.15, -0.1) is 0 Å². The van der Waals surface area contributed by atoms with Gasteiger partial charge in [-0.2, -0.15) is 5.10 Å². The van der Waals surface area contributed by atoms with Crippen LogP contribution in [0.25, 0.3) is 12.2 Å². The number of carbonyl (C=O) groups excluding carboxylic acids is 1. The fraction of sp³-hybridized carbons (Fsp3) is 0.364. The van der Waals surface area contributed by atoms with Gasteiger partial charge in [0.05, 0.1) is 11.5 Å². The molecule has 0 saturated carbocycles. The summed E-state index contributed by atoms with van der Waals surface area (Å²) in [6.45, 7) is 13.4. The third kappa shape index (κ3) is 3.35. The van der Waals surface area contributed by atoms with Crippen molar-refractivity contribution >= 4 is 18.1 Å². The molecule has 1 amide bonds. The maximum Gasteiger partial charge on any atom is 0.246 e. The Balaban J connectivity index is 1.54. The van der Waals surface area contributed by atoms with Crippen LogP contribution in [-0.4, -0.2) is 51.6 Å². The minimum Gasteiger partial charge on any atom is -0.336 e. The summed E-state index contributed by atoms with van der Waals surface area (Å²) in [4.78, 5) is 16.1. The topological polar surface area (TPSA) is 52.2 Å². The zero-order valence-electron chi connectivity index (χ0n) is 15.9. The Hall–Kier alpha value is -2.66. The van der Waals surface area contributed by atoms with Gasteiger partial charge < -0.3 is 4.90 Å². The van der Waals surface area contributed by atoms with E-state index in [4.69, 9.17) is 0 Å². The molecular formula is C22H26N4O. The summed E-state index contributed by atoms with van der Waals surface area (Å²) in [6.07, 6.45) is 5.49. The van der Waals surface area contributed by atoms with E-state index in [1.54, 1.807) is 0 Å². The van der Waals surface area contributed by atoms with Crippen LogP contribution in [0.4, 0.5) is 0 Å². The highest BCUT2D eigenvalue weighted by Crippen LogP contribution is 2.26. The van der Waals surface area contributed by atoms with E-state index in [0.717, 1.165) is 49.6 Å². The molecule has 1 aromatic heterocycles. The lowest BCUT2D eigenvalue weighted by Gasteiger charge is -2.44. The van der Waals surface area contributed by atoms with Crippen molar-refractivity contribution in [1.29, 1.82) is 0 Å². The van der Waals surface area contributed by atoms with Gasteiger partial charge in [0.15, 0.2) is 0 Å². The molecule has 2 aliphatic rings. The number of aryl methyl sites for hydroxylation is 1. The first-order chi connectivity index (χ1) is 13.1. The largest absolute Gasteiger partial charge is 0.336 e. The summed E-state index contributed by atoms with van der Waals surface area (Å²) < 4.78 is 0. The number of aromatic amines is 1. The number of amides is 1. The molecule has 140 valence electrons. The molecule has 1 aromatic carbocycles. The predicted molar refractivity (Wildman–Crippen MR) is 107 cm³/mol. The molecule has 0 unspecified atom stereocenters. The van der Waals surface area contributed by atoms with E-state index >= 15 is 0 Å². The number of carbonyl (C=O) groups is 1. The maximum absolute atomic E-state index is 11.7. The zero-order chi connectivity index (χ0) is 19.0. The monoisotopic (exact) mass is 362 g/mol. The molecule has 0 atom stereocenters. The number of rotatable bonds is 3. The second kappa shape index (κ2) is 7.16. The summed E-state index contributed by atoms with van der Waals surface area (Å²) in [7, 11) is 0. The van der Waals surface area contributed by atoms with Crippen LogP contribution in [0.1, 0.15) is 30.0 Å². The number of hydrogen-bond donors (Lipinski definition) is 1. The van der Waals surface area contributed by atoms with Crippen LogP contribution in [0.2, 0.25) is 0 Å². The van der Waals surface area contributed by atoms with Crippen molar-refractivity contribution in [2.24, 2.45) is 0 Å². The fourth-order valence-electron chi connectivity index (χ4n) is 4.12. The second-order valence-corrected chi connectivity index (χ2v) is 7.55. The van der Waals surface area contributed by atoms with Gasteiger partial charge >= 0.3 is 0 Å². The molecule has 5 heteroatoms. The fourth-order valence-corrected chi connectivity index (χ4v) is 4.12. The van der Waals surface area contributed by atoms with Gasteiger partial charge in [0.2, 0.25) is 5.91 Å². The van der Waals surface area contributed by atoms with Crippen molar-refractivity contribution in [3.63, 3.8) is 0 Å². The first-order valence-electron chi connectivity index (χ1n) is 9.53. The first-order valence-corrected chi connectivity index (χ1v) is 9.53. The van der Waals surface area contributed by atoms with E-state index in [2.05, 4.69) is 53.4 Å². The molecule has 4 rings (SSSR count). The van der Waals surface area contributed by atoms with Crippen LogP contribution >= 0.6 is 0 Å². The molecule has 1 fully saturated rings. The smallest absolute Gasteiger partial charge is 0.246 e. The van der Waals surface area contributed by atoms with Gasteiger partial charge in [-0.1, -0.05) is 31.4 Å². The van der Waals surface area contributed by atoms with E-state index in [0.29, 0.717) is 6.04 Å². The van der Waals surface area contributed by atoms with Gasteiger partial charge in [0.1, 0.15) is 0 Å². The minimum absolute atomic E-state index is 0.0427. The molecule has 2 aliphatic heterocycles. The van der Waals surface area contributed by atoms with E-state index in [1.807, 2.05) is 11.1 Å². The van der Waals surface area contributed by atoms with Crippen LogP contribution in [-0.2, 0) is 17.8 Å². The molecular weight excluding hydrogens is 336 g/mol. The van der Waals surface area contributed by atoms with Crippen LogP contribution in [0.15, 0.2) is 37.1 Å². The normalized spacial score (nSPS) is 19.1. The van der Waals surface area contributed by atoms with Crippen molar-refractivity contribution in [3.05, 3.63) is 64.3 Å². The number of benzene rings is 1. The van der Waals surface area contributed by atoms with Gasteiger partial charge in [-0.3, -0.25) is 14.8 Å². The molecule has 0 aliphatic carbocycles. The quantitative estimate of drug-likeness (QED) is 0.835. The Kier molecular flexibility index (Phi) is 4.70. The highest BCUT2D eigenvalue weighted by Gasteiger charge is 2.34. The first kappa shape index (κ1) is 17.7. The second-order valence-electron chi connectivity index (χ2n) is 7.55. The Morgan fingerprint density at radius 3 is 2.85 bits per heavy atom. The van der Waals surface area contributed by atoms with E-state index in [1.165, 1.54) is 28.3 Å². The summed E-state index contributed by atoms with van der Waals surface area (Å²) >= 11 is 0. The molecule has 5 nitrogen and oxygen atoms in total. The molecule has 2 aromatic rings. The lowest BCUT2D eigenvalue weighted by Crippen LogP contribution is -2.60. The summed E-state index contributed by atoms with van der Waals surface area (Å²) in [6, 6.07) is 7.26. The third-order valence-electron chi connectivity index (χ3n) is 5.89. The van der Waals surface area contributed by atoms with Crippen molar-refractivity contribution in [1.82, 2.24) is 20.0 Å². The van der Waals surface area contributed by atoms with Gasteiger partial charge in [-0.05, 0) is 54.6 Å². The van der Waals surface area contributed by atoms with Gasteiger partial charge in [-0.25, -0.2) is 0 Å². The van der Waals surface area contributed by atoms with E-state index in [9.17, 15) is 4.79 Å². The molecule has 1 saturated heterocycles. The SMILES string of the molecule is C=CC(=O)N1CC(N2CCCc3cc(/C(C)=c4\cn[nH]c4=C)ccc3C2)C1. The molecule has 3 heterocycles. The molecule has 0 spiro atoms. The number of hydrogen-bond acceptors (Lipinski definition) is 3. The molecule has 0 radical (unpaired) electrons. The lowest BCUT2D eigenvalue weighted by atomic mass is 9.97. The Labute approximate surface area is 159 Å². The van der Waals surface area contributed by atoms with Crippen LogP contribution in [0.3, 0.4) is 0 Å². The van der Waals surface area contributed by atoms with Crippen molar-refractivity contribution in [3.8, 4) is 0 Å². The van der Waals surface area contributed by atoms with E-state index < -0.39 is 0 Å². The number of aromatic nitrogens is 2. The number of nitrogens with one attached hydrogen (secondary N) is 1. The van der Waals surface area contributed by atoms with E-state index in [-0.39, 0.29) is 5.91 Å². The molecule has 27 heavy (non-hydrogen) atoms. The lowest BCUT2D eigenvalue weighted by molar-refractivity contribution is -0.133. The minimum atomic E-state index is 0.0427. The van der Waals surface area contributed by atoms with Crippen LogP contribution in [0.5, 0.6) is 0 Å². The number of likely N-dealkylation sites (tertiary alicyclic amines) is 1. The van der Waals surface area contributed by atoms with Gasteiger partial charge in [0.25, 0.3) is 0 Å². The maximum atomic E-state index is 11.7. The Morgan fingerprint density at radius 1 is 1.33 bits per heavy atom. The number of nitrogens with zero attached hydrogens (tertiary/aromatic N) is 3. The van der Waals surface area contributed by atoms with Gasteiger partial charge in [0, 0.05) is 30.9 Å². The average Bonchev–Trinajstić information content (AvgIpc) is 2.95. The van der Waals surface area contributed by atoms with Crippen molar-refractivity contribution in [2.45, 2.75) is 32.4 Å². The summed E-state index contributed by atoms with van der Waals surface area (Å²) in [5, 5.41) is 8.94. The summed E-state index contributed by atoms with van der Waals surface area (Å²) in [5.41, 5.74) is 5.27. The highest BCUT2D eigenvalue weighted by atomic mass is 16.2. The van der Waals surface area contributed by atoms with Crippen molar-refractivity contribution in [2.75, 3.05) is 19.6 Å². The highest BCUT2D eigenvalue weighted by molar-refractivity contribution is 5.87. The number of H-pyrrole nitrogens is 1. The molecule has 0 bridgehead atoms. The Morgan fingerprint density at radius 2 is 2.15 bits per heavy atom. The Bertz CT molecular complexity index is 984. The third-order valence-corrected chi connectivity index (χ3v) is 5.89. The predicted octanol–water partition coefficient (Wildman–Crippen LogP) is 1.18. The number of fused-ring (bicyclic) bond motifs is 1. The van der Waals surface area contributed by atoms with Crippen LogP contribution in [0, 0.1) is 0 Å². The molecule has 1 N–H and O–H groups in total. The van der Waals surface area contributed by atoms with Crippen molar-refractivity contribution < 1.29 is 4.79 Å². The zero-order valence-corrected chi connectivity index (χ0v) is 15.9. The summed E-state index contributed by atoms with van der Waals surface area (Å²) in [5.74, 6) is 0.0427. The average molecular weight is 362 g/mol. The standard InChI is InChI=1S/C22H26N4O/c1-4-22(27)26-13-20(14-26)25-9-5-6-18-10-17(7-8-19(18)12-25)15(2)21-11-23-24-16(21)3/h4,7-8,10-11,20,24H,1,3,5-6,9,12-14H2,2H3/b21-15+. The van der Waals surface area contributed by atoms with Crippen LogP contribution < -0.4 is 10.6 Å².